The van der Waals surface area contributed by atoms with Gasteiger partial charge in [0.15, 0.2) is 0 Å². The van der Waals surface area contributed by atoms with Gasteiger partial charge < -0.3 is 5.32 Å². The molecular formula is C11H14N2O3. The molecule has 0 saturated heterocycles. The number of carbonyl (C=O) groups is 3. The summed E-state index contributed by atoms with van der Waals surface area (Å²) in [6.45, 7) is 4.01. The second kappa shape index (κ2) is 5.85. The van der Waals surface area contributed by atoms with Gasteiger partial charge in [-0.15, -0.1) is 6.58 Å². The maximum Gasteiger partial charge on any atom is 0.253 e. The first-order chi connectivity index (χ1) is 7.65. The second-order valence-electron chi connectivity index (χ2n) is 3.34. The summed E-state index contributed by atoms with van der Waals surface area (Å²) in [6.07, 6.45) is 5.11. The van der Waals surface area contributed by atoms with Crippen LogP contribution < -0.4 is 5.32 Å². The quantitative estimate of drug-likeness (QED) is 0.508. The molecule has 0 spiro atoms. The Bertz CT molecular complexity index is 329. The van der Waals surface area contributed by atoms with Crippen LogP contribution in [0.5, 0.6) is 0 Å². The van der Waals surface area contributed by atoms with Crippen molar-refractivity contribution in [2.24, 2.45) is 0 Å². The van der Waals surface area contributed by atoms with Crippen molar-refractivity contribution in [1.82, 2.24) is 10.2 Å². The molecule has 0 saturated carbocycles. The highest BCUT2D eigenvalue weighted by Crippen LogP contribution is 2.01. The van der Waals surface area contributed by atoms with Crippen molar-refractivity contribution in [1.29, 1.82) is 0 Å². The van der Waals surface area contributed by atoms with Gasteiger partial charge in [-0.3, -0.25) is 19.3 Å². The predicted molar refractivity (Wildman–Crippen MR) is 58.3 cm³/mol. The fourth-order valence-electron chi connectivity index (χ4n) is 1.28. The number of nitrogens with zero attached hydrogens (tertiary/aromatic N) is 1. The number of carbonyl (C=O) groups excluding carboxylic acids is 3. The highest BCUT2D eigenvalue weighted by molar-refractivity contribution is 6.12. The largest absolute Gasteiger partial charge is 0.354 e. The van der Waals surface area contributed by atoms with Crippen molar-refractivity contribution >= 4 is 17.7 Å². The Kier molecular flexibility index (Phi) is 4.44. The van der Waals surface area contributed by atoms with Crippen LogP contribution in [0.15, 0.2) is 24.8 Å². The van der Waals surface area contributed by atoms with Crippen LogP contribution in [0, 0.1) is 0 Å². The minimum Gasteiger partial charge on any atom is -0.354 e. The Morgan fingerprint density at radius 2 is 2.00 bits per heavy atom. The molecular weight excluding hydrogens is 208 g/mol. The lowest BCUT2D eigenvalue weighted by Crippen LogP contribution is -2.38. The fraction of sp³-hybridized carbons (Fsp3) is 0.364. The van der Waals surface area contributed by atoms with E-state index < -0.39 is 0 Å². The van der Waals surface area contributed by atoms with Gasteiger partial charge in [-0.25, -0.2) is 0 Å². The summed E-state index contributed by atoms with van der Waals surface area (Å²) in [5.41, 5.74) is 0. The molecule has 0 radical (unpaired) electrons. The van der Waals surface area contributed by atoms with Crippen molar-refractivity contribution in [3.8, 4) is 0 Å². The van der Waals surface area contributed by atoms with Crippen LogP contribution in [0.2, 0.25) is 0 Å². The molecule has 5 nitrogen and oxygen atoms in total. The molecule has 0 aromatic rings. The minimum absolute atomic E-state index is 0.105. The molecule has 1 aliphatic heterocycles. The van der Waals surface area contributed by atoms with Crippen molar-refractivity contribution in [2.45, 2.75) is 12.8 Å². The van der Waals surface area contributed by atoms with Crippen molar-refractivity contribution in [2.75, 3.05) is 13.1 Å². The zero-order valence-corrected chi connectivity index (χ0v) is 8.94. The Labute approximate surface area is 93.8 Å². The lowest BCUT2D eigenvalue weighted by Gasteiger charge is -2.13. The molecule has 86 valence electrons. The standard InChI is InChI=1S/C11H14N2O3/c1-2-3-4-9(14)12-7-8-13-10(15)5-6-11(13)16/h2,5-6H,1,3-4,7-8H2,(H,12,14). The molecule has 0 unspecified atom stereocenters. The molecule has 1 N–H and O–H groups in total. The van der Waals surface area contributed by atoms with E-state index in [0.29, 0.717) is 12.8 Å². The fourth-order valence-corrected chi connectivity index (χ4v) is 1.28. The maximum absolute atomic E-state index is 11.2. The van der Waals surface area contributed by atoms with Crippen molar-refractivity contribution in [3.05, 3.63) is 24.8 Å². The Morgan fingerprint density at radius 3 is 2.56 bits per heavy atom. The summed E-state index contributed by atoms with van der Waals surface area (Å²) in [4.78, 5) is 34.5. The number of allylic oxidation sites excluding steroid dienone is 1. The normalized spacial score (nSPS) is 14.4. The summed E-state index contributed by atoms with van der Waals surface area (Å²) in [5, 5.41) is 2.62. The van der Waals surface area contributed by atoms with Gasteiger partial charge in [0, 0.05) is 31.7 Å². The molecule has 1 aliphatic rings. The van der Waals surface area contributed by atoms with Gasteiger partial charge in [0.1, 0.15) is 0 Å². The second-order valence-corrected chi connectivity index (χ2v) is 3.34. The number of hydrogen-bond donors (Lipinski definition) is 1. The first kappa shape index (κ1) is 12.2. The van der Waals surface area contributed by atoms with Gasteiger partial charge in [0.05, 0.1) is 0 Å². The summed E-state index contributed by atoms with van der Waals surface area (Å²) in [6, 6.07) is 0. The molecule has 1 heterocycles. The number of nitrogens with one attached hydrogen (secondary N) is 1. The molecule has 5 heteroatoms. The predicted octanol–water partition coefficient (Wildman–Crippen LogP) is -0.00620. The molecule has 1 rings (SSSR count). The summed E-state index contributed by atoms with van der Waals surface area (Å²) >= 11 is 0. The van der Waals surface area contributed by atoms with Crippen LogP contribution in [-0.2, 0) is 14.4 Å². The molecule has 16 heavy (non-hydrogen) atoms. The van der Waals surface area contributed by atoms with E-state index in [9.17, 15) is 14.4 Å². The van der Waals surface area contributed by atoms with E-state index in [2.05, 4.69) is 11.9 Å². The summed E-state index contributed by atoms with van der Waals surface area (Å²) < 4.78 is 0. The first-order valence-corrected chi connectivity index (χ1v) is 5.06. The number of hydrogen-bond acceptors (Lipinski definition) is 3. The molecule has 0 atom stereocenters. The topological polar surface area (TPSA) is 66.5 Å². The third-order valence-corrected chi connectivity index (χ3v) is 2.13. The van der Waals surface area contributed by atoms with E-state index in [4.69, 9.17) is 0 Å². The SMILES string of the molecule is C=CCCC(=O)NCCN1C(=O)C=CC1=O. The molecule has 0 aromatic heterocycles. The van der Waals surface area contributed by atoms with E-state index in [0.717, 1.165) is 4.90 Å². The zero-order valence-electron chi connectivity index (χ0n) is 8.94. The van der Waals surface area contributed by atoms with Gasteiger partial charge in [-0.05, 0) is 6.42 Å². The Hall–Kier alpha value is -1.91. The van der Waals surface area contributed by atoms with Gasteiger partial charge in [-0.1, -0.05) is 6.08 Å². The lowest BCUT2D eigenvalue weighted by atomic mass is 10.3. The van der Waals surface area contributed by atoms with Crippen molar-refractivity contribution in [3.63, 3.8) is 0 Å². The van der Waals surface area contributed by atoms with E-state index in [1.54, 1.807) is 6.08 Å². The van der Waals surface area contributed by atoms with Gasteiger partial charge in [0.2, 0.25) is 5.91 Å². The molecule has 0 aromatic carbocycles. The van der Waals surface area contributed by atoms with E-state index in [1.165, 1.54) is 12.2 Å². The van der Waals surface area contributed by atoms with Crippen LogP contribution in [0.3, 0.4) is 0 Å². The Balaban J connectivity index is 2.20. The summed E-state index contributed by atoms with van der Waals surface area (Å²) in [7, 11) is 0. The molecule has 0 fully saturated rings. The maximum atomic E-state index is 11.2. The van der Waals surface area contributed by atoms with Crippen LogP contribution in [0.4, 0.5) is 0 Å². The van der Waals surface area contributed by atoms with E-state index >= 15 is 0 Å². The molecule has 3 amide bonds. The average molecular weight is 222 g/mol. The molecule has 0 bridgehead atoms. The van der Waals surface area contributed by atoms with E-state index in [-0.39, 0.29) is 30.8 Å². The Morgan fingerprint density at radius 1 is 1.38 bits per heavy atom. The van der Waals surface area contributed by atoms with Gasteiger partial charge in [-0.2, -0.15) is 0 Å². The number of amides is 3. The zero-order chi connectivity index (χ0) is 12.0. The highest BCUT2D eigenvalue weighted by Gasteiger charge is 2.22. The van der Waals surface area contributed by atoms with Crippen molar-refractivity contribution < 1.29 is 14.4 Å². The first-order valence-electron chi connectivity index (χ1n) is 5.06. The van der Waals surface area contributed by atoms with Crippen LogP contribution in [0.25, 0.3) is 0 Å². The van der Waals surface area contributed by atoms with E-state index in [1.807, 2.05) is 0 Å². The van der Waals surface area contributed by atoms with Gasteiger partial charge in [0.25, 0.3) is 11.8 Å². The third-order valence-electron chi connectivity index (χ3n) is 2.13. The minimum atomic E-state index is -0.328. The lowest BCUT2D eigenvalue weighted by molar-refractivity contribution is -0.137. The molecule has 0 aliphatic carbocycles. The number of rotatable bonds is 6. The summed E-state index contributed by atoms with van der Waals surface area (Å²) in [5.74, 6) is -0.761. The van der Waals surface area contributed by atoms with Crippen LogP contribution >= 0.6 is 0 Å². The average Bonchev–Trinajstić information content (AvgIpc) is 2.57. The van der Waals surface area contributed by atoms with Gasteiger partial charge >= 0.3 is 0 Å². The smallest absolute Gasteiger partial charge is 0.253 e. The number of imide groups is 1. The highest BCUT2D eigenvalue weighted by atomic mass is 16.2. The third kappa shape index (κ3) is 3.34. The monoisotopic (exact) mass is 222 g/mol. The van der Waals surface area contributed by atoms with Crippen LogP contribution in [-0.4, -0.2) is 35.7 Å². The van der Waals surface area contributed by atoms with Crippen LogP contribution in [0.1, 0.15) is 12.8 Å².